The summed E-state index contributed by atoms with van der Waals surface area (Å²) in [6, 6.07) is 8.17. The van der Waals surface area contributed by atoms with E-state index in [2.05, 4.69) is 9.97 Å². The van der Waals surface area contributed by atoms with Crippen LogP contribution < -0.4 is 0 Å². The van der Waals surface area contributed by atoms with Gasteiger partial charge in [0.1, 0.15) is 11.5 Å². The standard InChI is InChI=1S/C22H16FN3O4/c23-15-4-3-12-5-7-26(11-14(12)8-15)21-18(22(28)29)19(27)17(30-21)9-13-10-25-20-16(13)2-1-6-24-20/h1-4,6,8-10H,5,7,11H2,(H,24,25)(H,28,29). The molecule has 0 bridgehead atoms. The molecule has 7 nitrogen and oxygen atoms in total. The van der Waals surface area contributed by atoms with E-state index in [-0.39, 0.29) is 24.0 Å². The largest absolute Gasteiger partial charge is 0.477 e. The maximum atomic E-state index is 13.6. The lowest BCUT2D eigenvalue weighted by Crippen LogP contribution is -2.31. The molecular weight excluding hydrogens is 389 g/mol. The lowest BCUT2D eigenvalue weighted by molar-refractivity contribution is -0.134. The number of hydrogen-bond acceptors (Lipinski definition) is 5. The maximum Gasteiger partial charge on any atom is 0.345 e. The van der Waals surface area contributed by atoms with Crippen molar-refractivity contribution in [2.75, 3.05) is 6.54 Å². The number of ether oxygens (including phenoxy) is 1. The van der Waals surface area contributed by atoms with Crippen molar-refractivity contribution in [3.05, 3.63) is 82.4 Å². The molecule has 2 aromatic heterocycles. The number of H-pyrrole nitrogens is 1. The first-order valence-corrected chi connectivity index (χ1v) is 9.37. The normalized spacial score (nSPS) is 17.6. The molecule has 0 saturated carbocycles. The molecule has 2 N–H and O–H groups in total. The molecule has 2 aliphatic rings. The van der Waals surface area contributed by atoms with E-state index < -0.39 is 17.3 Å². The molecule has 0 radical (unpaired) electrons. The predicted octanol–water partition coefficient (Wildman–Crippen LogP) is 3.00. The number of aromatic amines is 1. The Balaban J connectivity index is 1.50. The van der Waals surface area contributed by atoms with Crippen LogP contribution >= 0.6 is 0 Å². The van der Waals surface area contributed by atoms with Crippen molar-refractivity contribution in [1.82, 2.24) is 14.9 Å². The fourth-order valence-corrected chi connectivity index (χ4v) is 3.86. The SMILES string of the molecule is O=C(O)C1=C(N2CCc3ccc(F)cc3C2)OC(=Cc2c[nH]c3ncccc23)C1=O. The number of benzene rings is 1. The van der Waals surface area contributed by atoms with Crippen LogP contribution in [-0.2, 0) is 27.3 Å². The van der Waals surface area contributed by atoms with Gasteiger partial charge in [0.05, 0.1) is 0 Å². The highest BCUT2D eigenvalue weighted by atomic mass is 19.1. The first kappa shape index (κ1) is 18.1. The molecule has 2 aliphatic heterocycles. The summed E-state index contributed by atoms with van der Waals surface area (Å²) in [5, 5.41) is 10.4. The van der Waals surface area contributed by atoms with Gasteiger partial charge >= 0.3 is 5.97 Å². The second-order valence-corrected chi connectivity index (χ2v) is 7.15. The highest BCUT2D eigenvalue weighted by Gasteiger charge is 2.39. The van der Waals surface area contributed by atoms with Crippen LogP contribution in [0.1, 0.15) is 16.7 Å². The van der Waals surface area contributed by atoms with Crippen LogP contribution in [0.25, 0.3) is 17.1 Å². The number of ketones is 1. The van der Waals surface area contributed by atoms with Gasteiger partial charge in [-0.2, -0.15) is 0 Å². The quantitative estimate of drug-likeness (QED) is 0.514. The number of pyridine rings is 1. The average molecular weight is 405 g/mol. The molecule has 0 aliphatic carbocycles. The molecule has 0 amide bonds. The number of nitrogens with one attached hydrogen (secondary N) is 1. The minimum absolute atomic E-state index is 0.00775. The first-order chi connectivity index (χ1) is 14.5. The second kappa shape index (κ2) is 6.84. The Labute approximate surface area is 170 Å². The van der Waals surface area contributed by atoms with Crippen molar-refractivity contribution in [1.29, 1.82) is 0 Å². The van der Waals surface area contributed by atoms with Gasteiger partial charge in [0.15, 0.2) is 11.3 Å². The number of fused-ring (bicyclic) bond motifs is 2. The molecule has 0 unspecified atom stereocenters. The zero-order valence-corrected chi connectivity index (χ0v) is 15.7. The Morgan fingerprint density at radius 3 is 3.00 bits per heavy atom. The molecule has 30 heavy (non-hydrogen) atoms. The molecule has 8 heteroatoms. The number of Topliss-reactive ketones (excluding diaryl/α,β-unsaturated/α-hetero) is 1. The topological polar surface area (TPSA) is 95.5 Å². The van der Waals surface area contributed by atoms with Gasteiger partial charge in [0.25, 0.3) is 0 Å². The van der Waals surface area contributed by atoms with E-state index in [1.54, 1.807) is 29.4 Å². The van der Waals surface area contributed by atoms with Gasteiger partial charge < -0.3 is 19.7 Å². The lowest BCUT2D eigenvalue weighted by atomic mass is 9.99. The van der Waals surface area contributed by atoms with Crippen molar-refractivity contribution < 1.29 is 23.8 Å². The molecule has 150 valence electrons. The second-order valence-electron chi connectivity index (χ2n) is 7.15. The summed E-state index contributed by atoms with van der Waals surface area (Å²) in [6.45, 7) is 0.721. The highest BCUT2D eigenvalue weighted by molar-refractivity contribution is 6.26. The monoisotopic (exact) mass is 405 g/mol. The molecular formula is C22H16FN3O4. The molecule has 4 heterocycles. The Morgan fingerprint density at radius 2 is 2.17 bits per heavy atom. The lowest BCUT2D eigenvalue weighted by Gasteiger charge is -2.30. The minimum atomic E-state index is -1.36. The van der Waals surface area contributed by atoms with Crippen LogP contribution in [0, 0.1) is 5.82 Å². The van der Waals surface area contributed by atoms with Crippen LogP contribution in [0.4, 0.5) is 4.39 Å². The van der Waals surface area contributed by atoms with Gasteiger partial charge in [-0.25, -0.2) is 14.2 Å². The van der Waals surface area contributed by atoms with E-state index in [1.807, 2.05) is 6.07 Å². The van der Waals surface area contributed by atoms with E-state index in [1.165, 1.54) is 18.2 Å². The third-order valence-electron chi connectivity index (χ3n) is 5.32. The zero-order valence-electron chi connectivity index (χ0n) is 15.7. The number of carbonyl (C=O) groups is 2. The number of aromatic nitrogens is 2. The molecule has 3 aromatic rings. The molecule has 1 aromatic carbocycles. The average Bonchev–Trinajstić information content (AvgIpc) is 3.29. The maximum absolute atomic E-state index is 13.6. The number of aliphatic carboxylic acids is 1. The molecule has 5 rings (SSSR count). The van der Waals surface area contributed by atoms with Crippen molar-refractivity contribution >= 4 is 28.9 Å². The van der Waals surface area contributed by atoms with Gasteiger partial charge in [-0.15, -0.1) is 0 Å². The number of carboxylic acids is 1. The van der Waals surface area contributed by atoms with E-state index >= 15 is 0 Å². The Morgan fingerprint density at radius 1 is 1.30 bits per heavy atom. The summed E-state index contributed by atoms with van der Waals surface area (Å²) < 4.78 is 19.4. The molecule has 0 atom stereocenters. The number of allylic oxidation sites excluding steroid dienone is 1. The Bertz CT molecular complexity index is 1270. The van der Waals surface area contributed by atoms with Crippen molar-refractivity contribution in [3.63, 3.8) is 0 Å². The summed E-state index contributed by atoms with van der Waals surface area (Å²) in [6.07, 6.45) is 5.43. The minimum Gasteiger partial charge on any atom is -0.477 e. The smallest absolute Gasteiger partial charge is 0.345 e. The van der Waals surface area contributed by atoms with Crippen molar-refractivity contribution in [2.45, 2.75) is 13.0 Å². The van der Waals surface area contributed by atoms with Gasteiger partial charge in [-0.05, 0) is 47.9 Å². The van der Waals surface area contributed by atoms with Gasteiger partial charge in [0.2, 0.25) is 11.7 Å². The van der Waals surface area contributed by atoms with Crippen LogP contribution in [0.3, 0.4) is 0 Å². The summed E-state index contributed by atoms with van der Waals surface area (Å²) in [5.41, 5.74) is 2.64. The number of carbonyl (C=O) groups excluding carboxylic acids is 1. The number of nitrogens with zero attached hydrogens (tertiary/aromatic N) is 2. The molecule has 0 fully saturated rings. The molecule has 0 saturated heterocycles. The van der Waals surface area contributed by atoms with Crippen LogP contribution in [-0.4, -0.2) is 38.3 Å². The van der Waals surface area contributed by atoms with E-state index in [0.717, 1.165) is 16.5 Å². The fourth-order valence-electron chi connectivity index (χ4n) is 3.86. The number of rotatable bonds is 3. The van der Waals surface area contributed by atoms with Gasteiger partial charge in [-0.3, -0.25) is 4.79 Å². The van der Waals surface area contributed by atoms with E-state index in [0.29, 0.717) is 24.2 Å². The number of carboxylic acid groups (broad SMARTS) is 1. The zero-order chi connectivity index (χ0) is 20.8. The molecule has 0 spiro atoms. The summed E-state index contributed by atoms with van der Waals surface area (Å²) >= 11 is 0. The summed E-state index contributed by atoms with van der Waals surface area (Å²) in [5.74, 6) is -2.49. The van der Waals surface area contributed by atoms with Crippen LogP contribution in [0.5, 0.6) is 0 Å². The summed E-state index contributed by atoms with van der Waals surface area (Å²) in [7, 11) is 0. The predicted molar refractivity (Wildman–Crippen MR) is 105 cm³/mol. The van der Waals surface area contributed by atoms with Gasteiger partial charge in [-0.1, -0.05) is 6.07 Å². The Hall–Kier alpha value is -3.94. The highest BCUT2D eigenvalue weighted by Crippen LogP contribution is 2.33. The third-order valence-corrected chi connectivity index (χ3v) is 5.32. The van der Waals surface area contributed by atoms with E-state index in [9.17, 15) is 19.1 Å². The van der Waals surface area contributed by atoms with Crippen LogP contribution in [0.2, 0.25) is 0 Å². The van der Waals surface area contributed by atoms with Crippen molar-refractivity contribution in [3.8, 4) is 0 Å². The van der Waals surface area contributed by atoms with Gasteiger partial charge in [0, 0.05) is 36.4 Å². The first-order valence-electron chi connectivity index (χ1n) is 9.37. The Kier molecular flexibility index (Phi) is 4.13. The third kappa shape index (κ3) is 2.93. The van der Waals surface area contributed by atoms with Crippen LogP contribution in [0.15, 0.2) is 59.9 Å². The number of halogens is 1. The van der Waals surface area contributed by atoms with Crippen molar-refractivity contribution in [2.24, 2.45) is 0 Å². The van der Waals surface area contributed by atoms with E-state index in [4.69, 9.17) is 4.74 Å². The summed E-state index contributed by atoms with van der Waals surface area (Å²) in [4.78, 5) is 33.5. The fraction of sp³-hybridized carbons (Fsp3) is 0.136. The number of hydrogen-bond donors (Lipinski definition) is 2.